The molecule has 35 heavy (non-hydrogen) atoms. The maximum absolute atomic E-state index is 5.07. The summed E-state index contributed by atoms with van der Waals surface area (Å²) in [5.41, 5.74) is 4.72. The molecule has 188 valence electrons. The Morgan fingerprint density at radius 3 is 2.80 bits per heavy atom. The summed E-state index contributed by atoms with van der Waals surface area (Å²) in [6.07, 6.45) is 11.9. The quantitative estimate of drug-likeness (QED) is 0.533. The van der Waals surface area contributed by atoms with Gasteiger partial charge in [0, 0.05) is 31.4 Å². The molecular formula is C26H39N9. The van der Waals surface area contributed by atoms with Crippen molar-refractivity contribution in [1.82, 2.24) is 34.8 Å². The molecule has 3 aromatic heterocycles. The number of fused-ring (bicyclic) bond motifs is 2. The molecule has 0 spiro atoms. The number of aryl methyl sites for hydroxylation is 1. The van der Waals surface area contributed by atoms with Gasteiger partial charge in [-0.15, -0.1) is 0 Å². The van der Waals surface area contributed by atoms with Crippen molar-refractivity contribution in [3.63, 3.8) is 0 Å². The van der Waals surface area contributed by atoms with Crippen LogP contribution in [0.1, 0.15) is 75.4 Å². The van der Waals surface area contributed by atoms with Crippen molar-refractivity contribution in [3.05, 3.63) is 23.1 Å². The normalized spacial score (nSPS) is 21.2. The van der Waals surface area contributed by atoms with Gasteiger partial charge in [-0.3, -0.25) is 5.10 Å². The van der Waals surface area contributed by atoms with Gasteiger partial charge >= 0.3 is 0 Å². The van der Waals surface area contributed by atoms with Crippen LogP contribution in [0.5, 0.6) is 0 Å². The van der Waals surface area contributed by atoms with Crippen LogP contribution in [0, 0.1) is 5.92 Å². The second-order valence-corrected chi connectivity index (χ2v) is 10.9. The van der Waals surface area contributed by atoms with Gasteiger partial charge in [-0.25, -0.2) is 4.68 Å². The summed E-state index contributed by atoms with van der Waals surface area (Å²) in [4.78, 5) is 15.2. The van der Waals surface area contributed by atoms with Crippen LogP contribution in [-0.4, -0.2) is 67.6 Å². The number of likely N-dealkylation sites (tertiary alicyclic amines) is 1. The minimum absolute atomic E-state index is 0.242. The number of anilines is 2. The number of hydrogen-bond acceptors (Lipinski definition) is 7. The van der Waals surface area contributed by atoms with Crippen LogP contribution in [0.15, 0.2) is 6.20 Å². The van der Waals surface area contributed by atoms with Crippen molar-refractivity contribution in [3.8, 4) is 0 Å². The molecule has 0 saturated carbocycles. The minimum atomic E-state index is 0.242. The van der Waals surface area contributed by atoms with Crippen LogP contribution in [0.3, 0.4) is 0 Å². The maximum Gasteiger partial charge on any atom is 0.229 e. The second-order valence-electron chi connectivity index (χ2n) is 10.9. The molecule has 0 amide bonds. The SMILES string of the molecule is CC(C)n1ncc2c(NCc3n[nH]c4c3CCC4)nc(N3CCCC(CN4CCCCC4)C3)nc21. The Bertz CT molecular complexity index is 1160. The fraction of sp³-hybridized carbons (Fsp3) is 0.692. The van der Waals surface area contributed by atoms with Crippen LogP contribution in [0.2, 0.25) is 0 Å². The Morgan fingerprint density at radius 2 is 1.94 bits per heavy atom. The molecule has 9 nitrogen and oxygen atoms in total. The van der Waals surface area contributed by atoms with E-state index >= 15 is 0 Å². The molecule has 5 heterocycles. The Labute approximate surface area is 207 Å². The van der Waals surface area contributed by atoms with E-state index in [-0.39, 0.29) is 6.04 Å². The predicted octanol–water partition coefficient (Wildman–Crippen LogP) is 3.93. The van der Waals surface area contributed by atoms with E-state index in [0.29, 0.717) is 12.5 Å². The van der Waals surface area contributed by atoms with Crippen molar-refractivity contribution >= 4 is 22.8 Å². The van der Waals surface area contributed by atoms with Gasteiger partial charge < -0.3 is 15.1 Å². The summed E-state index contributed by atoms with van der Waals surface area (Å²) in [6, 6.07) is 0.242. The standard InChI is InChI=1S/C26H39N9/c1-18(2)35-25-21(14-28-35)24(27-15-23-20-9-6-10-22(20)31-32-23)29-26(30-25)34-13-7-8-19(17-34)16-33-11-4-3-5-12-33/h14,18-19H,3-13,15-17H2,1-2H3,(H,31,32)(H,27,29,30). The molecule has 3 aromatic rings. The summed E-state index contributed by atoms with van der Waals surface area (Å²) < 4.78 is 2.02. The highest BCUT2D eigenvalue weighted by Crippen LogP contribution is 2.29. The van der Waals surface area contributed by atoms with E-state index in [9.17, 15) is 0 Å². The molecule has 3 aliphatic rings. The summed E-state index contributed by atoms with van der Waals surface area (Å²) in [5, 5.41) is 17.1. The number of aromatic amines is 1. The molecule has 0 aromatic carbocycles. The van der Waals surface area contributed by atoms with Crippen LogP contribution in [0.25, 0.3) is 11.0 Å². The van der Waals surface area contributed by atoms with Gasteiger partial charge in [0.05, 0.1) is 23.8 Å². The van der Waals surface area contributed by atoms with Crippen molar-refractivity contribution in [2.75, 3.05) is 42.9 Å². The molecule has 2 aliphatic heterocycles. The van der Waals surface area contributed by atoms with Gasteiger partial charge in [0.25, 0.3) is 0 Å². The Kier molecular flexibility index (Phi) is 6.35. The van der Waals surface area contributed by atoms with E-state index in [1.54, 1.807) is 0 Å². The molecule has 9 heteroatoms. The van der Waals surface area contributed by atoms with E-state index in [2.05, 4.69) is 44.3 Å². The number of nitrogens with zero attached hydrogens (tertiary/aromatic N) is 7. The van der Waals surface area contributed by atoms with Gasteiger partial charge in [0.2, 0.25) is 5.95 Å². The zero-order valence-corrected chi connectivity index (χ0v) is 21.3. The molecule has 2 N–H and O–H groups in total. The number of H-pyrrole nitrogens is 1. The summed E-state index contributed by atoms with van der Waals surface area (Å²) >= 11 is 0. The van der Waals surface area contributed by atoms with Gasteiger partial charge in [-0.2, -0.15) is 20.2 Å². The Hall–Kier alpha value is -2.68. The molecule has 2 fully saturated rings. The highest BCUT2D eigenvalue weighted by molar-refractivity contribution is 5.87. The predicted molar refractivity (Wildman–Crippen MR) is 139 cm³/mol. The van der Waals surface area contributed by atoms with Gasteiger partial charge in [-0.05, 0) is 83.4 Å². The number of nitrogens with one attached hydrogen (secondary N) is 2. The first-order valence-electron chi connectivity index (χ1n) is 13.7. The molecule has 0 radical (unpaired) electrons. The largest absolute Gasteiger partial charge is 0.364 e. The van der Waals surface area contributed by atoms with Crippen LogP contribution in [-0.2, 0) is 19.4 Å². The van der Waals surface area contributed by atoms with Crippen molar-refractivity contribution < 1.29 is 0 Å². The maximum atomic E-state index is 5.07. The molecule has 6 rings (SSSR count). The van der Waals surface area contributed by atoms with Crippen molar-refractivity contribution in [2.24, 2.45) is 5.92 Å². The monoisotopic (exact) mass is 477 g/mol. The topological polar surface area (TPSA) is 90.8 Å². The third kappa shape index (κ3) is 4.62. The summed E-state index contributed by atoms with van der Waals surface area (Å²) in [6.45, 7) is 10.8. The minimum Gasteiger partial charge on any atom is -0.364 e. The van der Waals surface area contributed by atoms with Crippen molar-refractivity contribution in [1.29, 1.82) is 0 Å². The third-order valence-corrected chi connectivity index (χ3v) is 8.01. The Balaban J connectivity index is 1.26. The first-order valence-corrected chi connectivity index (χ1v) is 13.7. The van der Waals surface area contributed by atoms with E-state index in [1.807, 2.05) is 10.9 Å². The first-order chi connectivity index (χ1) is 17.2. The molecule has 1 aliphatic carbocycles. The number of aromatic nitrogens is 6. The van der Waals surface area contributed by atoms with E-state index in [4.69, 9.17) is 9.97 Å². The van der Waals surface area contributed by atoms with Crippen molar-refractivity contribution in [2.45, 2.75) is 77.8 Å². The van der Waals surface area contributed by atoms with Gasteiger partial charge in [-0.1, -0.05) is 6.42 Å². The average molecular weight is 478 g/mol. The number of piperidine rings is 2. The van der Waals surface area contributed by atoms with Crippen LogP contribution >= 0.6 is 0 Å². The van der Waals surface area contributed by atoms with Gasteiger partial charge in [0.15, 0.2) is 5.65 Å². The van der Waals surface area contributed by atoms with Crippen LogP contribution < -0.4 is 10.2 Å². The molecule has 2 saturated heterocycles. The Morgan fingerprint density at radius 1 is 1.06 bits per heavy atom. The lowest BCUT2D eigenvalue weighted by Gasteiger charge is -2.37. The lowest BCUT2D eigenvalue weighted by Crippen LogP contribution is -2.43. The summed E-state index contributed by atoms with van der Waals surface area (Å²) in [5.74, 6) is 2.38. The number of rotatable bonds is 7. The third-order valence-electron chi connectivity index (χ3n) is 8.01. The van der Waals surface area contributed by atoms with E-state index in [1.165, 1.54) is 69.4 Å². The molecule has 1 atom stereocenters. The fourth-order valence-corrected chi connectivity index (χ4v) is 6.17. The first kappa shape index (κ1) is 22.8. The lowest BCUT2D eigenvalue weighted by molar-refractivity contribution is 0.185. The number of hydrogen-bond donors (Lipinski definition) is 2. The fourth-order valence-electron chi connectivity index (χ4n) is 6.17. The zero-order chi connectivity index (χ0) is 23.8. The highest BCUT2D eigenvalue weighted by Gasteiger charge is 2.26. The molecule has 0 bridgehead atoms. The van der Waals surface area contributed by atoms with Gasteiger partial charge in [0.1, 0.15) is 5.82 Å². The molecular weight excluding hydrogens is 438 g/mol. The average Bonchev–Trinajstić information content (AvgIpc) is 3.60. The zero-order valence-electron chi connectivity index (χ0n) is 21.3. The van der Waals surface area contributed by atoms with E-state index < -0.39 is 0 Å². The second kappa shape index (κ2) is 9.76. The molecule has 1 unspecified atom stereocenters. The smallest absolute Gasteiger partial charge is 0.229 e. The van der Waals surface area contributed by atoms with Crippen LogP contribution in [0.4, 0.5) is 11.8 Å². The highest BCUT2D eigenvalue weighted by atomic mass is 15.4. The summed E-state index contributed by atoms with van der Waals surface area (Å²) in [7, 11) is 0. The lowest BCUT2D eigenvalue weighted by atomic mass is 9.96. The van der Waals surface area contributed by atoms with E-state index in [0.717, 1.165) is 54.4 Å².